The number of furan rings is 1. The summed E-state index contributed by atoms with van der Waals surface area (Å²) in [6, 6.07) is 3.68. The van der Waals surface area contributed by atoms with Crippen LogP contribution < -0.4 is 5.32 Å². The summed E-state index contributed by atoms with van der Waals surface area (Å²) in [7, 11) is 0. The highest BCUT2D eigenvalue weighted by Gasteiger charge is 2.42. The Labute approximate surface area is 157 Å². The first-order chi connectivity index (χ1) is 12.5. The third-order valence-corrected chi connectivity index (χ3v) is 5.83. The second-order valence-electron chi connectivity index (χ2n) is 7.44. The molecule has 2 fully saturated rings. The van der Waals surface area contributed by atoms with E-state index in [1.54, 1.807) is 0 Å². The summed E-state index contributed by atoms with van der Waals surface area (Å²) in [5.74, 6) is -0.260. The van der Waals surface area contributed by atoms with Gasteiger partial charge >= 0.3 is 0 Å². The lowest BCUT2D eigenvalue weighted by Crippen LogP contribution is -2.46. The number of piperidine rings is 1. The molecule has 1 saturated heterocycles. The summed E-state index contributed by atoms with van der Waals surface area (Å²) in [6.45, 7) is 5.33. The zero-order chi connectivity index (χ0) is 18.4. The number of carbonyl (C=O) groups is 2. The van der Waals surface area contributed by atoms with E-state index in [9.17, 15) is 9.59 Å². The molecular weight excluding hydrogens is 352 g/mol. The highest BCUT2D eigenvalue weighted by molar-refractivity contribution is 6.32. The van der Waals surface area contributed by atoms with Gasteiger partial charge in [-0.05, 0) is 63.8 Å². The third kappa shape index (κ3) is 3.03. The van der Waals surface area contributed by atoms with Gasteiger partial charge in [-0.15, -0.1) is 0 Å². The predicted molar refractivity (Wildman–Crippen MR) is 100 cm³/mol. The molecule has 4 rings (SSSR count). The highest BCUT2D eigenvalue weighted by Crippen LogP contribution is 2.35. The molecule has 0 bridgehead atoms. The Hall–Kier alpha value is -1.85. The van der Waals surface area contributed by atoms with Crippen LogP contribution in [0.4, 0.5) is 0 Å². The van der Waals surface area contributed by atoms with Gasteiger partial charge < -0.3 is 9.73 Å². The summed E-state index contributed by atoms with van der Waals surface area (Å²) in [4.78, 5) is 27.7. The van der Waals surface area contributed by atoms with Gasteiger partial charge in [0.25, 0.3) is 5.91 Å². The van der Waals surface area contributed by atoms with E-state index in [-0.39, 0.29) is 29.5 Å². The van der Waals surface area contributed by atoms with E-state index >= 15 is 0 Å². The number of aryl methyl sites for hydroxylation is 2. The minimum absolute atomic E-state index is 0.00913. The van der Waals surface area contributed by atoms with Crippen molar-refractivity contribution < 1.29 is 14.0 Å². The van der Waals surface area contributed by atoms with Gasteiger partial charge in [-0.3, -0.25) is 14.5 Å². The minimum atomic E-state index is -0.314. The van der Waals surface area contributed by atoms with Crippen LogP contribution in [0.15, 0.2) is 16.5 Å². The van der Waals surface area contributed by atoms with Gasteiger partial charge in [-0.1, -0.05) is 11.6 Å². The van der Waals surface area contributed by atoms with E-state index in [0.29, 0.717) is 17.2 Å². The van der Waals surface area contributed by atoms with Crippen LogP contribution >= 0.6 is 11.6 Å². The number of rotatable bonds is 3. The Morgan fingerprint density at radius 3 is 2.65 bits per heavy atom. The van der Waals surface area contributed by atoms with Crippen molar-refractivity contribution in [1.82, 2.24) is 10.2 Å². The molecule has 2 aliphatic rings. The number of hydrogen-bond acceptors (Lipinski definition) is 4. The van der Waals surface area contributed by atoms with E-state index in [1.807, 2.05) is 26.0 Å². The maximum atomic E-state index is 13.2. The fourth-order valence-corrected chi connectivity index (χ4v) is 3.86. The lowest BCUT2D eigenvalue weighted by Gasteiger charge is -2.28. The van der Waals surface area contributed by atoms with Crippen LogP contribution in [0.1, 0.15) is 47.4 Å². The average Bonchev–Trinajstić information content (AvgIpc) is 3.42. The monoisotopic (exact) mass is 374 g/mol. The number of halogens is 1. The van der Waals surface area contributed by atoms with Crippen LogP contribution in [0.2, 0.25) is 5.02 Å². The first-order valence-corrected chi connectivity index (χ1v) is 9.62. The molecule has 1 aliphatic heterocycles. The highest BCUT2D eigenvalue weighted by atomic mass is 35.5. The summed E-state index contributed by atoms with van der Waals surface area (Å²) in [6.07, 6.45) is 3.55. The zero-order valence-electron chi connectivity index (χ0n) is 15.1. The molecule has 2 heterocycles. The van der Waals surface area contributed by atoms with E-state index < -0.39 is 0 Å². The molecule has 1 aliphatic carbocycles. The minimum Gasteiger partial charge on any atom is -0.451 e. The van der Waals surface area contributed by atoms with Crippen LogP contribution in [0.25, 0.3) is 11.0 Å². The summed E-state index contributed by atoms with van der Waals surface area (Å²) in [5.41, 5.74) is 2.28. The molecule has 6 heteroatoms. The molecule has 1 aromatic carbocycles. The Morgan fingerprint density at radius 2 is 2.00 bits per heavy atom. The Balaban J connectivity index is 1.69. The maximum absolute atomic E-state index is 13.2. The number of nitrogens with zero attached hydrogens (tertiary/aromatic N) is 1. The largest absolute Gasteiger partial charge is 0.451 e. The number of carbonyl (C=O) groups excluding carboxylic acids is 2. The molecular formula is C20H23ClN2O3. The molecule has 1 saturated carbocycles. The van der Waals surface area contributed by atoms with Crippen LogP contribution in [-0.4, -0.2) is 35.8 Å². The fourth-order valence-electron chi connectivity index (χ4n) is 3.69. The molecule has 26 heavy (non-hydrogen) atoms. The molecule has 1 aromatic heterocycles. The summed E-state index contributed by atoms with van der Waals surface area (Å²) in [5, 5.41) is 4.72. The molecule has 1 atom stereocenters. The Morgan fingerprint density at radius 1 is 1.23 bits per heavy atom. The zero-order valence-corrected chi connectivity index (χ0v) is 15.9. The van der Waals surface area contributed by atoms with E-state index in [2.05, 4.69) is 5.32 Å². The van der Waals surface area contributed by atoms with Crippen molar-refractivity contribution in [2.45, 2.75) is 45.6 Å². The normalized spacial score (nSPS) is 20.3. The number of hydrogen-bond donors (Lipinski definition) is 1. The van der Waals surface area contributed by atoms with Crippen LogP contribution in [0.5, 0.6) is 0 Å². The van der Waals surface area contributed by atoms with E-state index in [0.717, 1.165) is 48.7 Å². The first kappa shape index (κ1) is 17.6. The average molecular weight is 375 g/mol. The van der Waals surface area contributed by atoms with Crippen molar-refractivity contribution in [3.63, 3.8) is 0 Å². The third-order valence-electron chi connectivity index (χ3n) is 5.43. The molecule has 0 radical (unpaired) electrons. The number of imide groups is 1. The number of amides is 2. The van der Waals surface area contributed by atoms with E-state index in [4.69, 9.17) is 16.0 Å². The van der Waals surface area contributed by atoms with Gasteiger partial charge in [0.05, 0.1) is 5.92 Å². The molecule has 0 spiro atoms. The van der Waals surface area contributed by atoms with Gasteiger partial charge in [0, 0.05) is 28.6 Å². The lowest BCUT2D eigenvalue weighted by molar-refractivity contribution is -0.133. The van der Waals surface area contributed by atoms with Crippen LogP contribution in [0, 0.1) is 19.8 Å². The van der Waals surface area contributed by atoms with Gasteiger partial charge in [0.1, 0.15) is 5.58 Å². The van der Waals surface area contributed by atoms with Crippen molar-refractivity contribution in [3.05, 3.63) is 34.0 Å². The number of nitrogens with one attached hydrogen (secondary N) is 1. The molecule has 2 amide bonds. The van der Waals surface area contributed by atoms with Crippen molar-refractivity contribution >= 4 is 34.4 Å². The first-order valence-electron chi connectivity index (χ1n) is 9.24. The van der Waals surface area contributed by atoms with Crippen molar-refractivity contribution in [2.75, 3.05) is 13.1 Å². The molecule has 138 valence electrons. The van der Waals surface area contributed by atoms with Crippen molar-refractivity contribution in [1.29, 1.82) is 0 Å². The maximum Gasteiger partial charge on any atom is 0.296 e. The topological polar surface area (TPSA) is 62.6 Å². The van der Waals surface area contributed by atoms with Crippen LogP contribution in [0.3, 0.4) is 0 Å². The predicted octanol–water partition coefficient (Wildman–Crippen LogP) is 3.83. The fraction of sp³-hybridized carbons (Fsp3) is 0.500. The SMILES string of the molecule is Cc1cc2oc(C(=O)N(C(=O)C3CCCNC3)C3CC3)c(C)c2cc1Cl. The molecule has 2 aromatic rings. The van der Waals surface area contributed by atoms with Crippen molar-refractivity contribution in [2.24, 2.45) is 5.92 Å². The second kappa shape index (κ2) is 6.71. The van der Waals surface area contributed by atoms with Gasteiger partial charge in [0.15, 0.2) is 5.76 Å². The number of fused-ring (bicyclic) bond motifs is 1. The lowest BCUT2D eigenvalue weighted by atomic mass is 9.97. The second-order valence-corrected chi connectivity index (χ2v) is 7.85. The summed E-state index contributed by atoms with van der Waals surface area (Å²) >= 11 is 6.23. The molecule has 1 unspecified atom stereocenters. The number of benzene rings is 1. The quantitative estimate of drug-likeness (QED) is 0.829. The summed E-state index contributed by atoms with van der Waals surface area (Å²) < 4.78 is 5.88. The smallest absolute Gasteiger partial charge is 0.296 e. The standard InChI is InChI=1S/C20H23ClN2O3/c1-11-8-17-15(9-16(11)21)12(2)18(26-17)20(25)23(14-5-6-14)19(24)13-4-3-7-22-10-13/h8-9,13-14,22H,3-7,10H2,1-2H3. The Bertz CT molecular complexity index is 879. The van der Waals surface area contributed by atoms with Gasteiger partial charge in [-0.25, -0.2) is 0 Å². The van der Waals surface area contributed by atoms with Crippen LogP contribution in [-0.2, 0) is 4.79 Å². The molecule has 1 N–H and O–H groups in total. The molecule has 5 nitrogen and oxygen atoms in total. The van der Waals surface area contributed by atoms with Gasteiger partial charge in [0.2, 0.25) is 5.91 Å². The van der Waals surface area contributed by atoms with E-state index in [1.165, 1.54) is 4.90 Å². The van der Waals surface area contributed by atoms with Gasteiger partial charge in [-0.2, -0.15) is 0 Å². The Kier molecular flexibility index (Phi) is 4.53. The van der Waals surface area contributed by atoms with Crippen molar-refractivity contribution in [3.8, 4) is 0 Å².